The van der Waals surface area contributed by atoms with Crippen LogP contribution in [0.3, 0.4) is 0 Å². The van der Waals surface area contributed by atoms with E-state index in [-0.39, 0.29) is 0 Å². The van der Waals surface area contributed by atoms with Gasteiger partial charge in [-0.2, -0.15) is 0 Å². The number of aromatic hydroxyl groups is 1. The Morgan fingerprint density at radius 2 is 2.00 bits per heavy atom. The third kappa shape index (κ3) is 3.22. The van der Waals surface area contributed by atoms with Gasteiger partial charge in [0.25, 0.3) is 0 Å². The van der Waals surface area contributed by atoms with Gasteiger partial charge in [0.1, 0.15) is 5.75 Å². The van der Waals surface area contributed by atoms with Crippen molar-refractivity contribution in [2.45, 2.75) is 19.4 Å². The molecule has 0 aliphatic carbocycles. The van der Waals surface area contributed by atoms with E-state index in [1.807, 2.05) is 18.2 Å². The number of phenolic OH excluding ortho intramolecular Hbond substituents is 1. The van der Waals surface area contributed by atoms with E-state index in [0.717, 1.165) is 50.6 Å². The number of phenols is 1. The molecule has 0 unspecified atom stereocenters. The van der Waals surface area contributed by atoms with Crippen molar-refractivity contribution >= 4 is 0 Å². The molecule has 0 aromatic heterocycles. The minimum Gasteiger partial charge on any atom is -0.508 e. The molecule has 0 bridgehead atoms. The summed E-state index contributed by atoms with van der Waals surface area (Å²) in [7, 11) is 0. The summed E-state index contributed by atoms with van der Waals surface area (Å²) in [5, 5.41) is 13.0. The van der Waals surface area contributed by atoms with Gasteiger partial charge < -0.3 is 15.2 Å². The molecule has 0 amide bonds. The summed E-state index contributed by atoms with van der Waals surface area (Å²) >= 11 is 0. The Labute approximate surface area is 96.4 Å². The van der Waals surface area contributed by atoms with E-state index in [9.17, 15) is 5.11 Å². The molecule has 1 heterocycles. The summed E-state index contributed by atoms with van der Waals surface area (Å²) in [4.78, 5) is 0. The monoisotopic (exact) mass is 221 g/mol. The van der Waals surface area contributed by atoms with Crippen LogP contribution >= 0.6 is 0 Å². The predicted molar refractivity (Wildman–Crippen MR) is 63.4 cm³/mol. The third-order valence-corrected chi connectivity index (χ3v) is 3.08. The molecular formula is C13H19NO2. The average Bonchev–Trinajstić information content (AvgIpc) is 2.33. The van der Waals surface area contributed by atoms with Gasteiger partial charge >= 0.3 is 0 Å². The Morgan fingerprint density at radius 1 is 1.25 bits per heavy atom. The van der Waals surface area contributed by atoms with Crippen LogP contribution in [-0.4, -0.2) is 24.9 Å². The maximum absolute atomic E-state index is 9.59. The van der Waals surface area contributed by atoms with E-state index >= 15 is 0 Å². The third-order valence-electron chi connectivity index (χ3n) is 3.08. The highest BCUT2D eigenvalue weighted by atomic mass is 16.5. The van der Waals surface area contributed by atoms with Crippen LogP contribution in [0.25, 0.3) is 0 Å². The molecule has 2 N–H and O–H groups in total. The smallest absolute Gasteiger partial charge is 0.120 e. The van der Waals surface area contributed by atoms with E-state index in [2.05, 4.69) is 5.32 Å². The molecule has 16 heavy (non-hydrogen) atoms. The van der Waals surface area contributed by atoms with Crippen LogP contribution in [0.15, 0.2) is 24.3 Å². The molecule has 1 fully saturated rings. The van der Waals surface area contributed by atoms with Crippen LogP contribution in [0.2, 0.25) is 0 Å². The largest absolute Gasteiger partial charge is 0.508 e. The number of rotatable bonds is 4. The van der Waals surface area contributed by atoms with Crippen molar-refractivity contribution in [2.75, 3.05) is 19.8 Å². The van der Waals surface area contributed by atoms with Crippen LogP contribution in [0.4, 0.5) is 0 Å². The van der Waals surface area contributed by atoms with Crippen LogP contribution < -0.4 is 5.32 Å². The maximum Gasteiger partial charge on any atom is 0.120 e. The molecule has 1 aromatic rings. The molecule has 3 nitrogen and oxygen atoms in total. The Bertz CT molecular complexity index is 321. The van der Waals surface area contributed by atoms with Gasteiger partial charge in [-0.15, -0.1) is 0 Å². The SMILES string of the molecule is Oc1ccccc1CNCC1CCOCC1. The molecule has 3 heteroatoms. The maximum atomic E-state index is 9.59. The molecule has 1 aromatic carbocycles. The lowest BCUT2D eigenvalue weighted by Gasteiger charge is -2.22. The zero-order chi connectivity index (χ0) is 11.2. The Hall–Kier alpha value is -1.06. The van der Waals surface area contributed by atoms with Gasteiger partial charge in [-0.3, -0.25) is 0 Å². The Kier molecular flexibility index (Phi) is 4.19. The topological polar surface area (TPSA) is 41.5 Å². The first-order chi connectivity index (χ1) is 7.86. The van der Waals surface area contributed by atoms with Gasteiger partial charge in [0.15, 0.2) is 0 Å². The van der Waals surface area contributed by atoms with E-state index in [4.69, 9.17) is 4.74 Å². The minimum atomic E-state index is 0.377. The zero-order valence-electron chi connectivity index (χ0n) is 9.48. The predicted octanol–water partition coefficient (Wildman–Crippen LogP) is 1.91. The number of hydrogen-bond donors (Lipinski definition) is 2. The molecule has 1 aliphatic heterocycles. The first-order valence-corrected chi connectivity index (χ1v) is 5.91. The van der Waals surface area contributed by atoms with Crippen molar-refractivity contribution < 1.29 is 9.84 Å². The lowest BCUT2D eigenvalue weighted by Crippen LogP contribution is -2.27. The van der Waals surface area contributed by atoms with Crippen LogP contribution in [-0.2, 0) is 11.3 Å². The quantitative estimate of drug-likeness (QED) is 0.816. The number of ether oxygens (including phenoxy) is 1. The van der Waals surface area contributed by atoms with Crippen molar-refractivity contribution in [1.29, 1.82) is 0 Å². The highest BCUT2D eigenvalue weighted by Gasteiger charge is 2.13. The summed E-state index contributed by atoms with van der Waals surface area (Å²) < 4.78 is 5.32. The van der Waals surface area contributed by atoms with Crippen molar-refractivity contribution in [2.24, 2.45) is 5.92 Å². The van der Waals surface area contributed by atoms with Crippen LogP contribution in [0, 0.1) is 5.92 Å². The van der Waals surface area contributed by atoms with Gasteiger partial charge in [0, 0.05) is 25.3 Å². The fourth-order valence-corrected chi connectivity index (χ4v) is 2.02. The fourth-order valence-electron chi connectivity index (χ4n) is 2.02. The number of benzene rings is 1. The van der Waals surface area contributed by atoms with Crippen molar-refractivity contribution in [3.05, 3.63) is 29.8 Å². The first-order valence-electron chi connectivity index (χ1n) is 5.91. The fraction of sp³-hybridized carbons (Fsp3) is 0.538. The van der Waals surface area contributed by atoms with Crippen molar-refractivity contribution in [3.8, 4) is 5.75 Å². The number of nitrogens with one attached hydrogen (secondary N) is 1. The summed E-state index contributed by atoms with van der Waals surface area (Å²) in [5.41, 5.74) is 0.967. The summed E-state index contributed by atoms with van der Waals surface area (Å²) in [5.74, 6) is 1.10. The highest BCUT2D eigenvalue weighted by Crippen LogP contribution is 2.16. The Morgan fingerprint density at radius 3 is 2.75 bits per heavy atom. The zero-order valence-corrected chi connectivity index (χ0v) is 9.48. The van der Waals surface area contributed by atoms with Crippen molar-refractivity contribution in [3.63, 3.8) is 0 Å². The lowest BCUT2D eigenvalue weighted by atomic mass is 10.0. The average molecular weight is 221 g/mol. The molecule has 0 atom stereocenters. The standard InChI is InChI=1S/C13H19NO2/c15-13-4-2-1-3-12(13)10-14-9-11-5-7-16-8-6-11/h1-4,11,14-15H,5-10H2. The van der Waals surface area contributed by atoms with E-state index in [1.165, 1.54) is 0 Å². The number of para-hydroxylation sites is 1. The van der Waals surface area contributed by atoms with E-state index < -0.39 is 0 Å². The molecule has 88 valence electrons. The first kappa shape index (κ1) is 11.4. The van der Waals surface area contributed by atoms with Crippen LogP contribution in [0.1, 0.15) is 18.4 Å². The van der Waals surface area contributed by atoms with Gasteiger partial charge in [0.2, 0.25) is 0 Å². The second-order valence-corrected chi connectivity index (χ2v) is 4.32. The second kappa shape index (κ2) is 5.87. The summed E-state index contributed by atoms with van der Waals surface area (Å²) in [6.07, 6.45) is 2.29. The highest BCUT2D eigenvalue weighted by molar-refractivity contribution is 5.31. The second-order valence-electron chi connectivity index (χ2n) is 4.32. The van der Waals surface area contributed by atoms with Gasteiger partial charge in [-0.1, -0.05) is 18.2 Å². The van der Waals surface area contributed by atoms with Gasteiger partial charge in [-0.05, 0) is 31.4 Å². The molecule has 0 saturated carbocycles. The molecule has 0 spiro atoms. The molecule has 1 aliphatic rings. The number of hydrogen-bond acceptors (Lipinski definition) is 3. The summed E-state index contributed by atoms with van der Waals surface area (Å²) in [6.45, 7) is 3.54. The normalized spacial score (nSPS) is 17.5. The van der Waals surface area contributed by atoms with Gasteiger partial charge in [0.05, 0.1) is 0 Å². The molecule has 0 radical (unpaired) electrons. The van der Waals surface area contributed by atoms with Gasteiger partial charge in [-0.25, -0.2) is 0 Å². The Balaban J connectivity index is 1.73. The molecule has 1 saturated heterocycles. The minimum absolute atomic E-state index is 0.377. The molecule has 2 rings (SSSR count). The summed E-state index contributed by atoms with van der Waals surface area (Å²) in [6, 6.07) is 7.47. The van der Waals surface area contributed by atoms with E-state index in [0.29, 0.717) is 5.75 Å². The van der Waals surface area contributed by atoms with E-state index in [1.54, 1.807) is 6.07 Å². The van der Waals surface area contributed by atoms with Crippen LogP contribution in [0.5, 0.6) is 5.75 Å². The lowest BCUT2D eigenvalue weighted by molar-refractivity contribution is 0.0662. The van der Waals surface area contributed by atoms with Crippen molar-refractivity contribution in [1.82, 2.24) is 5.32 Å². The molecular weight excluding hydrogens is 202 g/mol.